The highest BCUT2D eigenvalue weighted by molar-refractivity contribution is 6.36. The SMILES string of the molecule is COc1ccc(C2=NN(c3ccc(Cl)cc3Cl)C(c3ccc(F)cc3)C2)cc1. The number of anilines is 1. The van der Waals surface area contributed by atoms with Crippen LogP contribution in [0.3, 0.4) is 0 Å². The first-order chi connectivity index (χ1) is 13.5. The molecule has 0 saturated carbocycles. The predicted molar refractivity (Wildman–Crippen MR) is 112 cm³/mol. The third-order valence-electron chi connectivity index (χ3n) is 4.74. The van der Waals surface area contributed by atoms with E-state index in [2.05, 4.69) is 0 Å². The van der Waals surface area contributed by atoms with Crippen molar-refractivity contribution in [3.8, 4) is 5.75 Å². The lowest BCUT2D eigenvalue weighted by Crippen LogP contribution is -2.18. The van der Waals surface area contributed by atoms with Gasteiger partial charge in [-0.15, -0.1) is 0 Å². The van der Waals surface area contributed by atoms with Crippen molar-refractivity contribution in [2.75, 3.05) is 12.1 Å². The fraction of sp³-hybridized carbons (Fsp3) is 0.136. The zero-order valence-corrected chi connectivity index (χ0v) is 16.6. The molecule has 0 fully saturated rings. The molecule has 1 atom stereocenters. The number of methoxy groups -OCH3 is 1. The van der Waals surface area contributed by atoms with E-state index in [1.165, 1.54) is 12.1 Å². The lowest BCUT2D eigenvalue weighted by molar-refractivity contribution is 0.415. The van der Waals surface area contributed by atoms with E-state index in [0.29, 0.717) is 16.5 Å². The third-order valence-corrected chi connectivity index (χ3v) is 5.28. The number of nitrogens with zero attached hydrogens (tertiary/aromatic N) is 2. The second kappa shape index (κ2) is 7.82. The minimum absolute atomic E-state index is 0.101. The van der Waals surface area contributed by atoms with Gasteiger partial charge >= 0.3 is 0 Å². The average Bonchev–Trinajstić information content (AvgIpc) is 3.13. The summed E-state index contributed by atoms with van der Waals surface area (Å²) >= 11 is 12.5. The fourth-order valence-electron chi connectivity index (χ4n) is 3.30. The first-order valence-corrected chi connectivity index (χ1v) is 9.52. The first kappa shape index (κ1) is 18.8. The minimum Gasteiger partial charge on any atom is -0.497 e. The van der Waals surface area contributed by atoms with E-state index < -0.39 is 0 Å². The Morgan fingerprint density at radius 1 is 1.00 bits per heavy atom. The topological polar surface area (TPSA) is 24.8 Å². The quantitative estimate of drug-likeness (QED) is 0.486. The first-order valence-electron chi connectivity index (χ1n) is 8.77. The molecule has 0 radical (unpaired) electrons. The molecule has 6 heteroatoms. The van der Waals surface area contributed by atoms with Gasteiger partial charge in [-0.05, 0) is 65.7 Å². The lowest BCUT2D eigenvalue weighted by atomic mass is 9.98. The summed E-state index contributed by atoms with van der Waals surface area (Å²) in [4.78, 5) is 0. The molecule has 0 spiro atoms. The summed E-state index contributed by atoms with van der Waals surface area (Å²) in [5.74, 6) is 0.518. The van der Waals surface area contributed by atoms with Crippen LogP contribution in [0.1, 0.15) is 23.6 Å². The highest BCUT2D eigenvalue weighted by atomic mass is 35.5. The summed E-state index contributed by atoms with van der Waals surface area (Å²) in [5, 5.41) is 7.80. The molecule has 3 aromatic rings. The summed E-state index contributed by atoms with van der Waals surface area (Å²) in [6.45, 7) is 0. The van der Waals surface area contributed by atoms with Crippen molar-refractivity contribution in [2.24, 2.45) is 5.10 Å². The monoisotopic (exact) mass is 414 g/mol. The highest BCUT2D eigenvalue weighted by Gasteiger charge is 2.31. The Balaban J connectivity index is 1.75. The van der Waals surface area contributed by atoms with Gasteiger partial charge in [-0.1, -0.05) is 35.3 Å². The number of benzene rings is 3. The maximum Gasteiger partial charge on any atom is 0.123 e. The summed E-state index contributed by atoms with van der Waals surface area (Å²) in [6.07, 6.45) is 0.664. The molecule has 0 amide bonds. The van der Waals surface area contributed by atoms with Crippen molar-refractivity contribution in [2.45, 2.75) is 12.5 Å². The van der Waals surface area contributed by atoms with Crippen molar-refractivity contribution < 1.29 is 9.13 Å². The van der Waals surface area contributed by atoms with Gasteiger partial charge in [-0.25, -0.2) is 4.39 Å². The molecule has 1 aliphatic rings. The van der Waals surface area contributed by atoms with Crippen LogP contribution in [-0.2, 0) is 0 Å². The van der Waals surface area contributed by atoms with E-state index in [1.54, 1.807) is 31.4 Å². The Labute approximate surface area is 173 Å². The second-order valence-corrected chi connectivity index (χ2v) is 7.33. The van der Waals surface area contributed by atoms with Crippen molar-refractivity contribution in [1.29, 1.82) is 0 Å². The molecule has 28 heavy (non-hydrogen) atoms. The summed E-state index contributed by atoms with van der Waals surface area (Å²) in [7, 11) is 1.64. The largest absolute Gasteiger partial charge is 0.497 e. The molecular formula is C22H17Cl2FN2O. The van der Waals surface area contributed by atoms with E-state index in [9.17, 15) is 4.39 Å². The molecule has 1 unspecified atom stereocenters. The van der Waals surface area contributed by atoms with E-state index in [0.717, 1.165) is 28.3 Å². The number of halogens is 3. The van der Waals surface area contributed by atoms with Gasteiger partial charge in [0.05, 0.1) is 29.6 Å². The van der Waals surface area contributed by atoms with Gasteiger partial charge in [-0.3, -0.25) is 5.01 Å². The van der Waals surface area contributed by atoms with Crippen LogP contribution in [0.15, 0.2) is 71.8 Å². The van der Waals surface area contributed by atoms with Crippen LogP contribution in [0, 0.1) is 5.82 Å². The maximum absolute atomic E-state index is 13.4. The van der Waals surface area contributed by atoms with Crippen LogP contribution in [-0.4, -0.2) is 12.8 Å². The van der Waals surface area contributed by atoms with Gasteiger partial charge < -0.3 is 4.74 Å². The van der Waals surface area contributed by atoms with Gasteiger partial charge in [0.1, 0.15) is 11.6 Å². The third kappa shape index (κ3) is 3.71. The summed E-state index contributed by atoms with van der Waals surface area (Å²) < 4.78 is 18.7. The molecule has 0 bridgehead atoms. The normalized spacial score (nSPS) is 16.2. The Kier molecular flexibility index (Phi) is 5.25. The fourth-order valence-corrected chi connectivity index (χ4v) is 3.80. The Morgan fingerprint density at radius 2 is 1.71 bits per heavy atom. The molecular weight excluding hydrogens is 398 g/mol. The van der Waals surface area contributed by atoms with Gasteiger partial charge in [0.25, 0.3) is 0 Å². The second-order valence-electron chi connectivity index (χ2n) is 6.49. The standard InChI is InChI=1S/C22H17Cl2FN2O/c1-28-18-9-4-14(5-10-18)20-13-22(15-2-7-17(25)8-3-15)27(26-20)21-11-6-16(23)12-19(21)24/h2-12,22H,13H2,1H3. The van der Waals surface area contributed by atoms with Crippen LogP contribution in [0.2, 0.25) is 10.0 Å². The summed E-state index contributed by atoms with van der Waals surface area (Å²) in [5.41, 5.74) is 3.63. The summed E-state index contributed by atoms with van der Waals surface area (Å²) in [6, 6.07) is 19.5. The van der Waals surface area contributed by atoms with Crippen molar-refractivity contribution in [1.82, 2.24) is 0 Å². The smallest absolute Gasteiger partial charge is 0.123 e. The number of hydrazone groups is 1. The molecule has 142 valence electrons. The average molecular weight is 415 g/mol. The Hall–Kier alpha value is -2.56. The zero-order valence-electron chi connectivity index (χ0n) is 15.1. The molecule has 0 saturated heterocycles. The van der Waals surface area contributed by atoms with E-state index in [4.69, 9.17) is 33.0 Å². The van der Waals surface area contributed by atoms with Crippen LogP contribution in [0.4, 0.5) is 10.1 Å². The van der Waals surface area contributed by atoms with Gasteiger partial charge in [0.2, 0.25) is 0 Å². The van der Waals surface area contributed by atoms with Crippen molar-refractivity contribution in [3.63, 3.8) is 0 Å². The number of rotatable bonds is 4. The molecule has 3 nitrogen and oxygen atoms in total. The van der Waals surface area contributed by atoms with E-state index >= 15 is 0 Å². The van der Waals surface area contributed by atoms with E-state index in [-0.39, 0.29) is 11.9 Å². The molecule has 0 aliphatic carbocycles. The Bertz CT molecular complexity index is 1020. The molecule has 0 N–H and O–H groups in total. The van der Waals surface area contributed by atoms with Crippen LogP contribution in [0.5, 0.6) is 5.75 Å². The van der Waals surface area contributed by atoms with Crippen molar-refractivity contribution in [3.05, 3.63) is 93.7 Å². The maximum atomic E-state index is 13.4. The number of hydrogen-bond acceptors (Lipinski definition) is 3. The van der Waals surface area contributed by atoms with Gasteiger partial charge in [-0.2, -0.15) is 5.10 Å². The number of hydrogen-bond donors (Lipinski definition) is 0. The van der Waals surface area contributed by atoms with Crippen LogP contribution in [0.25, 0.3) is 0 Å². The van der Waals surface area contributed by atoms with Crippen molar-refractivity contribution >= 4 is 34.6 Å². The predicted octanol–water partition coefficient (Wildman–Crippen LogP) is 6.50. The molecule has 3 aromatic carbocycles. The molecule has 1 heterocycles. The Morgan fingerprint density at radius 3 is 2.36 bits per heavy atom. The lowest BCUT2D eigenvalue weighted by Gasteiger charge is -2.25. The minimum atomic E-state index is -0.269. The van der Waals surface area contributed by atoms with Crippen LogP contribution < -0.4 is 9.75 Å². The zero-order chi connectivity index (χ0) is 19.7. The van der Waals surface area contributed by atoms with Crippen LogP contribution >= 0.6 is 23.2 Å². The van der Waals surface area contributed by atoms with E-state index in [1.807, 2.05) is 35.3 Å². The molecule has 0 aromatic heterocycles. The molecule has 4 rings (SSSR count). The highest BCUT2D eigenvalue weighted by Crippen LogP contribution is 2.40. The number of ether oxygens (including phenoxy) is 1. The molecule has 1 aliphatic heterocycles. The van der Waals surface area contributed by atoms with Gasteiger partial charge in [0, 0.05) is 11.4 Å². The van der Waals surface area contributed by atoms with Gasteiger partial charge in [0.15, 0.2) is 0 Å².